The van der Waals surface area contributed by atoms with Crippen LogP contribution in [0.3, 0.4) is 0 Å². The summed E-state index contributed by atoms with van der Waals surface area (Å²) in [5, 5.41) is 8.75. The number of aliphatic hydroxyl groups is 1. The predicted molar refractivity (Wildman–Crippen MR) is 172 cm³/mol. The monoisotopic (exact) mass is 804 g/mol. The molecule has 0 saturated carbocycles. The molecule has 244 valence electrons. The zero-order chi connectivity index (χ0) is 33.1. The number of alkyl halides is 1. The van der Waals surface area contributed by atoms with Gasteiger partial charge in [-0.2, -0.15) is 0 Å². The van der Waals surface area contributed by atoms with Gasteiger partial charge in [0.2, 0.25) is 0 Å². The second-order valence-electron chi connectivity index (χ2n) is 10.6. The molecule has 13 heteroatoms. The Kier molecular flexibility index (Phi) is 20.9. The number of benzene rings is 2. The lowest BCUT2D eigenvalue weighted by Gasteiger charge is -2.19. The average Bonchev–Trinajstić information content (AvgIpc) is 2.89. The average molecular weight is 807 g/mol. The third-order valence-electron chi connectivity index (χ3n) is 4.22. The summed E-state index contributed by atoms with van der Waals surface area (Å²) >= 11 is 9.11. The quantitative estimate of drug-likeness (QED) is 0.132. The fourth-order valence-corrected chi connectivity index (χ4v) is 3.24. The normalized spacial score (nSPS) is 10.9. The topological polar surface area (TPSA) is 101 Å². The predicted octanol–water partition coefficient (Wildman–Crippen LogP) is 7.79. The van der Waals surface area contributed by atoms with Crippen molar-refractivity contribution < 1.29 is 47.2 Å². The fourth-order valence-electron chi connectivity index (χ4n) is 2.63. The second-order valence-corrected chi connectivity index (χ2v) is 12.9. The number of esters is 2. The van der Waals surface area contributed by atoms with Crippen LogP contribution in [0.5, 0.6) is 11.5 Å². The summed E-state index contributed by atoms with van der Waals surface area (Å²) < 4.78 is 52.7. The number of carbonyl (C=O) groups is 2. The minimum Gasteiger partial charge on any atom is -0.493 e. The standard InChI is InChI=1S/C15H20BrFO4.C9H10BrFO2.C6H11BrO2/c1-15(2,3)21-14(18)10-19-7-4-8-20-11-5-6-12(16)13(17)9-11;10-8-3-2-7(6-9(8)11)13-5-1-4-12;1-6(2,3)9-5(8)4-7/h5-6,9H,4,7-8,10H2,1-3H3;2-3,6,12H,1,4-5H2;4H2,1-3H3. The highest BCUT2D eigenvalue weighted by Crippen LogP contribution is 2.22. The fraction of sp³-hybridized carbons (Fsp3) is 0.533. The molecule has 0 saturated heterocycles. The Morgan fingerprint density at radius 3 is 1.56 bits per heavy atom. The van der Waals surface area contributed by atoms with Crippen molar-refractivity contribution in [2.24, 2.45) is 0 Å². The van der Waals surface area contributed by atoms with Crippen molar-refractivity contribution in [3.8, 4) is 11.5 Å². The highest BCUT2D eigenvalue weighted by Gasteiger charge is 2.16. The summed E-state index contributed by atoms with van der Waals surface area (Å²) in [4.78, 5) is 21.9. The number of carbonyl (C=O) groups excluding carboxylic acids is 2. The third kappa shape index (κ3) is 23.3. The van der Waals surface area contributed by atoms with Gasteiger partial charge in [-0.25, -0.2) is 13.6 Å². The van der Waals surface area contributed by atoms with Gasteiger partial charge in [-0.3, -0.25) is 4.79 Å². The number of halogens is 5. The molecule has 0 aliphatic rings. The molecule has 0 heterocycles. The van der Waals surface area contributed by atoms with E-state index in [1.807, 2.05) is 20.8 Å². The molecule has 0 radical (unpaired) electrons. The van der Waals surface area contributed by atoms with Gasteiger partial charge >= 0.3 is 11.9 Å². The Hall–Kier alpha value is -1.80. The van der Waals surface area contributed by atoms with Crippen LogP contribution in [-0.2, 0) is 23.8 Å². The smallest absolute Gasteiger partial charge is 0.332 e. The van der Waals surface area contributed by atoms with Crippen LogP contribution >= 0.6 is 47.8 Å². The van der Waals surface area contributed by atoms with Gasteiger partial charge in [-0.15, -0.1) is 0 Å². The Morgan fingerprint density at radius 1 is 0.744 bits per heavy atom. The van der Waals surface area contributed by atoms with E-state index in [4.69, 9.17) is 28.8 Å². The van der Waals surface area contributed by atoms with Gasteiger partial charge in [0.25, 0.3) is 0 Å². The molecule has 0 spiro atoms. The SMILES string of the molecule is CC(C)(C)OC(=O)CBr.CC(C)(C)OC(=O)COCCCOc1ccc(Br)c(F)c1.OCCCOc1ccc(Br)c(F)c1. The van der Waals surface area contributed by atoms with E-state index in [0.717, 1.165) is 0 Å². The molecule has 0 aliphatic heterocycles. The number of aliphatic hydroxyl groups excluding tert-OH is 1. The van der Waals surface area contributed by atoms with Gasteiger partial charge in [0.1, 0.15) is 46.3 Å². The van der Waals surface area contributed by atoms with Crippen molar-refractivity contribution >= 4 is 59.7 Å². The lowest BCUT2D eigenvalue weighted by molar-refractivity contribution is -0.160. The van der Waals surface area contributed by atoms with Crippen molar-refractivity contribution in [3.63, 3.8) is 0 Å². The van der Waals surface area contributed by atoms with Gasteiger partial charge in [0.05, 0.1) is 28.8 Å². The molecule has 1 N–H and O–H groups in total. The zero-order valence-electron chi connectivity index (χ0n) is 25.3. The number of hydrogen-bond donors (Lipinski definition) is 1. The van der Waals surface area contributed by atoms with E-state index in [-0.39, 0.29) is 41.7 Å². The van der Waals surface area contributed by atoms with E-state index in [0.29, 0.717) is 53.1 Å². The Morgan fingerprint density at radius 2 is 1.19 bits per heavy atom. The minimum absolute atomic E-state index is 0.0792. The van der Waals surface area contributed by atoms with Crippen molar-refractivity contribution in [3.05, 3.63) is 57.0 Å². The van der Waals surface area contributed by atoms with Gasteiger partial charge in [-0.1, -0.05) is 15.9 Å². The van der Waals surface area contributed by atoms with Crippen molar-refractivity contribution in [2.75, 3.05) is 38.4 Å². The first kappa shape index (κ1) is 41.2. The summed E-state index contributed by atoms with van der Waals surface area (Å²) in [6.45, 7) is 12.1. The summed E-state index contributed by atoms with van der Waals surface area (Å²) in [5.74, 6) is -0.381. The molecule has 2 aromatic carbocycles. The highest BCUT2D eigenvalue weighted by molar-refractivity contribution is 9.10. The highest BCUT2D eigenvalue weighted by atomic mass is 79.9. The van der Waals surface area contributed by atoms with E-state index in [1.165, 1.54) is 12.1 Å². The van der Waals surface area contributed by atoms with Gasteiger partial charge < -0.3 is 28.8 Å². The molecule has 0 atom stereocenters. The van der Waals surface area contributed by atoms with Crippen LogP contribution in [0.1, 0.15) is 54.4 Å². The maximum Gasteiger partial charge on any atom is 0.332 e. The Balaban J connectivity index is 0.000000682. The molecule has 0 aromatic heterocycles. The van der Waals surface area contributed by atoms with E-state index in [9.17, 15) is 18.4 Å². The minimum atomic E-state index is -0.505. The molecule has 2 aromatic rings. The maximum absolute atomic E-state index is 13.2. The number of rotatable bonds is 12. The van der Waals surface area contributed by atoms with Crippen LogP contribution < -0.4 is 9.47 Å². The van der Waals surface area contributed by atoms with Crippen LogP contribution in [0.2, 0.25) is 0 Å². The van der Waals surface area contributed by atoms with Crippen LogP contribution in [0.15, 0.2) is 45.3 Å². The van der Waals surface area contributed by atoms with E-state index < -0.39 is 11.6 Å². The number of ether oxygens (including phenoxy) is 5. The van der Waals surface area contributed by atoms with Crippen molar-refractivity contribution in [1.29, 1.82) is 0 Å². The second kappa shape index (κ2) is 21.8. The molecule has 0 bridgehead atoms. The zero-order valence-corrected chi connectivity index (χ0v) is 30.1. The van der Waals surface area contributed by atoms with E-state index in [1.54, 1.807) is 45.0 Å². The van der Waals surface area contributed by atoms with Gasteiger partial charge in [0.15, 0.2) is 0 Å². The van der Waals surface area contributed by atoms with Crippen LogP contribution in [-0.4, -0.2) is 66.6 Å². The number of hydrogen-bond acceptors (Lipinski definition) is 8. The van der Waals surface area contributed by atoms with Gasteiger partial charge in [0, 0.05) is 31.6 Å². The Bertz CT molecular complexity index is 1110. The molecule has 0 aliphatic carbocycles. The summed E-state index contributed by atoms with van der Waals surface area (Å²) in [6.07, 6.45) is 1.15. The Labute approximate surface area is 278 Å². The molecule has 0 unspecified atom stereocenters. The first-order chi connectivity index (χ1) is 20.0. The first-order valence-corrected chi connectivity index (χ1v) is 16.0. The van der Waals surface area contributed by atoms with Crippen molar-refractivity contribution in [1.82, 2.24) is 0 Å². The largest absolute Gasteiger partial charge is 0.493 e. The lowest BCUT2D eigenvalue weighted by atomic mass is 10.2. The molecule has 43 heavy (non-hydrogen) atoms. The lowest BCUT2D eigenvalue weighted by Crippen LogP contribution is -2.26. The maximum atomic E-state index is 13.2. The van der Waals surface area contributed by atoms with E-state index >= 15 is 0 Å². The van der Waals surface area contributed by atoms with Gasteiger partial charge in [-0.05, 0) is 97.7 Å². The molecule has 0 amide bonds. The molecular formula is C30H41Br3F2O8. The summed E-state index contributed by atoms with van der Waals surface area (Å²) in [5.41, 5.74) is -0.861. The van der Waals surface area contributed by atoms with Crippen LogP contribution in [0.4, 0.5) is 8.78 Å². The van der Waals surface area contributed by atoms with Crippen molar-refractivity contribution in [2.45, 2.75) is 65.6 Å². The molecule has 0 fully saturated rings. The third-order valence-corrected chi connectivity index (χ3v) is 5.97. The molecule has 2 rings (SSSR count). The van der Waals surface area contributed by atoms with Crippen LogP contribution in [0, 0.1) is 11.6 Å². The first-order valence-electron chi connectivity index (χ1n) is 13.3. The van der Waals surface area contributed by atoms with E-state index in [2.05, 4.69) is 47.8 Å². The summed E-state index contributed by atoms with van der Waals surface area (Å²) in [6, 6.07) is 9.14. The molecule has 8 nitrogen and oxygen atoms in total. The molecular weight excluding hydrogens is 766 g/mol. The van der Waals surface area contributed by atoms with Crippen LogP contribution in [0.25, 0.3) is 0 Å². The summed E-state index contributed by atoms with van der Waals surface area (Å²) in [7, 11) is 0.